The summed E-state index contributed by atoms with van der Waals surface area (Å²) in [7, 11) is 0. The van der Waals surface area contributed by atoms with Crippen molar-refractivity contribution < 1.29 is 0 Å². The molecule has 2 rings (SSSR count). The van der Waals surface area contributed by atoms with Crippen LogP contribution in [0.15, 0.2) is 4.99 Å². The summed E-state index contributed by atoms with van der Waals surface area (Å²) in [5.41, 5.74) is 6.25. The summed E-state index contributed by atoms with van der Waals surface area (Å²) in [5.74, 6) is 2.66. The highest BCUT2D eigenvalue weighted by atomic mass is 32.2. The average Bonchev–Trinajstić information content (AvgIpc) is 2.66. The van der Waals surface area contributed by atoms with E-state index in [1.54, 1.807) is 0 Å². The van der Waals surface area contributed by atoms with Gasteiger partial charge in [-0.1, -0.05) is 20.8 Å². The maximum Gasteiger partial charge on any atom is 0.191 e. The number of nitrogens with two attached hydrogens (primary N) is 1. The van der Waals surface area contributed by atoms with Crippen molar-refractivity contribution in [1.29, 1.82) is 0 Å². The smallest absolute Gasteiger partial charge is 0.191 e. The number of thioether (sulfide) groups is 1. The molecule has 1 saturated heterocycles. The summed E-state index contributed by atoms with van der Waals surface area (Å²) in [5, 5.41) is 0.654. The van der Waals surface area contributed by atoms with Crippen molar-refractivity contribution >= 4 is 17.7 Å². The molecule has 2 heterocycles. The van der Waals surface area contributed by atoms with Crippen LogP contribution in [0.3, 0.4) is 0 Å². The molecule has 1 spiro atoms. The minimum atomic E-state index is 0.235. The average molecular weight is 227 g/mol. The monoisotopic (exact) mass is 227 g/mol. The number of rotatable bonds is 2. The number of aliphatic imine (C=N–C) groups is 1. The van der Waals surface area contributed by atoms with E-state index >= 15 is 0 Å². The SMILES string of the molecule is CC(C)CN1C(N)=NCC12CCSC2C. The first kappa shape index (κ1) is 11.1. The van der Waals surface area contributed by atoms with Gasteiger partial charge in [-0.15, -0.1) is 0 Å². The zero-order valence-electron chi connectivity index (χ0n) is 9.86. The first-order chi connectivity index (χ1) is 7.06. The van der Waals surface area contributed by atoms with Gasteiger partial charge in [0.05, 0.1) is 12.1 Å². The van der Waals surface area contributed by atoms with E-state index in [0.717, 1.165) is 19.0 Å². The third kappa shape index (κ3) is 1.73. The Hall–Kier alpha value is -0.380. The number of guanidine groups is 1. The molecule has 0 aliphatic carbocycles. The molecule has 0 saturated carbocycles. The molecule has 2 N–H and O–H groups in total. The van der Waals surface area contributed by atoms with Crippen LogP contribution in [0.5, 0.6) is 0 Å². The van der Waals surface area contributed by atoms with Crippen LogP contribution in [0.1, 0.15) is 27.2 Å². The van der Waals surface area contributed by atoms with Crippen LogP contribution >= 0.6 is 11.8 Å². The lowest BCUT2D eigenvalue weighted by atomic mass is 9.91. The lowest BCUT2D eigenvalue weighted by Gasteiger charge is -2.40. The Kier molecular flexibility index (Phi) is 2.88. The number of nitrogens with zero attached hydrogens (tertiary/aromatic N) is 2. The van der Waals surface area contributed by atoms with E-state index in [4.69, 9.17) is 5.73 Å². The second-order valence-corrected chi connectivity index (χ2v) is 6.49. The molecule has 2 aliphatic heterocycles. The Bertz CT molecular complexity index is 277. The molecule has 15 heavy (non-hydrogen) atoms. The minimum Gasteiger partial charge on any atom is -0.370 e. The molecular weight excluding hydrogens is 206 g/mol. The highest BCUT2D eigenvalue weighted by molar-refractivity contribution is 8.00. The Morgan fingerprint density at radius 3 is 2.93 bits per heavy atom. The summed E-state index contributed by atoms with van der Waals surface area (Å²) >= 11 is 2.06. The standard InChI is InChI=1S/C11H21N3S/c1-8(2)6-14-10(12)13-7-11(14)4-5-15-9(11)3/h8-9H,4-7H2,1-3H3,(H2,12,13). The Morgan fingerprint density at radius 1 is 1.67 bits per heavy atom. The van der Waals surface area contributed by atoms with E-state index in [0.29, 0.717) is 11.2 Å². The molecule has 86 valence electrons. The van der Waals surface area contributed by atoms with Crippen molar-refractivity contribution in [2.24, 2.45) is 16.6 Å². The first-order valence-corrected chi connectivity index (χ1v) is 6.80. The van der Waals surface area contributed by atoms with Gasteiger partial charge < -0.3 is 10.6 Å². The molecule has 2 atom stereocenters. The lowest BCUT2D eigenvalue weighted by molar-refractivity contribution is 0.185. The molecule has 0 aromatic rings. The molecule has 0 amide bonds. The molecule has 3 nitrogen and oxygen atoms in total. The van der Waals surface area contributed by atoms with Gasteiger partial charge in [0, 0.05) is 11.8 Å². The maximum absolute atomic E-state index is 6.01. The topological polar surface area (TPSA) is 41.6 Å². The van der Waals surface area contributed by atoms with Crippen molar-refractivity contribution in [2.75, 3.05) is 18.8 Å². The summed E-state index contributed by atoms with van der Waals surface area (Å²) < 4.78 is 0. The largest absolute Gasteiger partial charge is 0.370 e. The molecule has 0 aromatic carbocycles. The molecular formula is C11H21N3S. The van der Waals surface area contributed by atoms with Crippen LogP contribution in [0.25, 0.3) is 0 Å². The van der Waals surface area contributed by atoms with Crippen LogP contribution in [-0.4, -0.2) is 40.5 Å². The molecule has 4 heteroatoms. The van der Waals surface area contributed by atoms with Crippen molar-refractivity contribution in [2.45, 2.75) is 38.0 Å². The van der Waals surface area contributed by atoms with Crippen LogP contribution < -0.4 is 5.73 Å². The van der Waals surface area contributed by atoms with Crippen LogP contribution in [-0.2, 0) is 0 Å². The normalized spacial score (nSPS) is 35.6. The Labute approximate surface area is 96.5 Å². The van der Waals surface area contributed by atoms with E-state index in [1.165, 1.54) is 12.2 Å². The van der Waals surface area contributed by atoms with Crippen LogP contribution in [0, 0.1) is 5.92 Å². The molecule has 2 aliphatic rings. The second-order valence-electron chi connectivity index (χ2n) is 5.05. The van der Waals surface area contributed by atoms with Crippen LogP contribution in [0.2, 0.25) is 0 Å². The van der Waals surface area contributed by atoms with E-state index in [2.05, 4.69) is 42.4 Å². The fourth-order valence-electron chi connectivity index (χ4n) is 2.59. The molecule has 0 radical (unpaired) electrons. The first-order valence-electron chi connectivity index (χ1n) is 5.75. The van der Waals surface area contributed by atoms with Gasteiger partial charge in [0.15, 0.2) is 5.96 Å². The third-order valence-corrected chi connectivity index (χ3v) is 4.91. The summed E-state index contributed by atoms with van der Waals surface area (Å²) in [4.78, 5) is 6.83. The van der Waals surface area contributed by atoms with E-state index in [1.807, 2.05) is 0 Å². The quantitative estimate of drug-likeness (QED) is 0.778. The zero-order chi connectivity index (χ0) is 11.1. The second kappa shape index (κ2) is 3.89. The van der Waals surface area contributed by atoms with Gasteiger partial charge in [-0.2, -0.15) is 11.8 Å². The molecule has 0 aromatic heterocycles. The van der Waals surface area contributed by atoms with Gasteiger partial charge in [0.2, 0.25) is 0 Å². The van der Waals surface area contributed by atoms with Crippen molar-refractivity contribution in [1.82, 2.24) is 4.90 Å². The summed E-state index contributed by atoms with van der Waals surface area (Å²) in [6.45, 7) is 8.75. The number of hydrogen-bond donors (Lipinski definition) is 1. The number of hydrogen-bond acceptors (Lipinski definition) is 4. The minimum absolute atomic E-state index is 0.235. The van der Waals surface area contributed by atoms with Crippen LogP contribution in [0.4, 0.5) is 0 Å². The fraction of sp³-hybridized carbons (Fsp3) is 0.909. The van der Waals surface area contributed by atoms with E-state index < -0.39 is 0 Å². The van der Waals surface area contributed by atoms with Crippen molar-refractivity contribution in [3.63, 3.8) is 0 Å². The van der Waals surface area contributed by atoms with Gasteiger partial charge in [0.25, 0.3) is 0 Å². The van der Waals surface area contributed by atoms with Crippen molar-refractivity contribution in [3.8, 4) is 0 Å². The van der Waals surface area contributed by atoms with Gasteiger partial charge in [-0.3, -0.25) is 4.99 Å². The highest BCUT2D eigenvalue weighted by Gasteiger charge is 2.49. The highest BCUT2D eigenvalue weighted by Crippen LogP contribution is 2.42. The molecule has 2 unspecified atom stereocenters. The summed E-state index contributed by atoms with van der Waals surface area (Å²) in [6.07, 6.45) is 1.23. The van der Waals surface area contributed by atoms with E-state index in [9.17, 15) is 0 Å². The van der Waals surface area contributed by atoms with Gasteiger partial charge >= 0.3 is 0 Å². The molecule has 0 bridgehead atoms. The maximum atomic E-state index is 6.01. The molecule has 1 fully saturated rings. The summed E-state index contributed by atoms with van der Waals surface area (Å²) in [6, 6.07) is 0. The van der Waals surface area contributed by atoms with Gasteiger partial charge in [-0.25, -0.2) is 0 Å². The van der Waals surface area contributed by atoms with Crippen molar-refractivity contribution in [3.05, 3.63) is 0 Å². The van der Waals surface area contributed by atoms with Gasteiger partial charge in [-0.05, 0) is 18.1 Å². The van der Waals surface area contributed by atoms with Gasteiger partial charge in [0.1, 0.15) is 0 Å². The Balaban J connectivity index is 2.19. The predicted octanol–water partition coefficient (Wildman–Crippen LogP) is 1.54. The van der Waals surface area contributed by atoms with E-state index in [-0.39, 0.29) is 5.54 Å². The Morgan fingerprint density at radius 2 is 2.40 bits per heavy atom. The fourth-order valence-corrected chi connectivity index (χ4v) is 4.04. The lowest BCUT2D eigenvalue weighted by Crippen LogP contribution is -2.56. The zero-order valence-corrected chi connectivity index (χ0v) is 10.7. The predicted molar refractivity (Wildman–Crippen MR) is 67.3 cm³/mol. The third-order valence-electron chi connectivity index (χ3n) is 3.54.